The lowest BCUT2D eigenvalue weighted by Gasteiger charge is -2.29. The molecule has 3 amide bonds. The van der Waals surface area contributed by atoms with Crippen molar-refractivity contribution in [2.45, 2.75) is 38.1 Å². The third kappa shape index (κ3) is 7.97. The molecule has 3 N–H and O–H groups in total. The van der Waals surface area contributed by atoms with Crippen molar-refractivity contribution in [1.29, 1.82) is 0 Å². The van der Waals surface area contributed by atoms with Crippen molar-refractivity contribution in [3.8, 4) is 0 Å². The number of carbonyl (C=O) groups is 4. The van der Waals surface area contributed by atoms with E-state index in [-0.39, 0.29) is 26.1 Å². The van der Waals surface area contributed by atoms with E-state index >= 15 is 0 Å². The van der Waals surface area contributed by atoms with E-state index in [0.29, 0.717) is 21.7 Å². The highest BCUT2D eigenvalue weighted by Crippen LogP contribution is 2.20. The van der Waals surface area contributed by atoms with Gasteiger partial charge in [-0.15, -0.1) is 0 Å². The zero-order valence-corrected chi connectivity index (χ0v) is 25.1. The molecule has 2 heterocycles. The van der Waals surface area contributed by atoms with E-state index < -0.39 is 36.1 Å². The topological polar surface area (TPSA) is 156 Å². The molecule has 0 bridgehead atoms. The summed E-state index contributed by atoms with van der Waals surface area (Å²) in [4.78, 5) is 64.9. The first-order valence-electron chi connectivity index (χ1n) is 14.5. The number of rotatable bonds is 12. The first-order valence-corrected chi connectivity index (χ1v) is 14.5. The maximum atomic E-state index is 14.1. The number of amides is 3. The molecule has 0 radical (unpaired) electrons. The highest BCUT2D eigenvalue weighted by molar-refractivity contribution is 5.97. The molecule has 0 fully saturated rings. The number of nitrogens with zero attached hydrogens (tertiary/aromatic N) is 2. The van der Waals surface area contributed by atoms with Crippen LogP contribution in [0.25, 0.3) is 10.9 Å². The Labute approximate surface area is 264 Å². The molecule has 0 saturated heterocycles. The summed E-state index contributed by atoms with van der Waals surface area (Å²) in [5.41, 5.74) is 3.42. The summed E-state index contributed by atoms with van der Waals surface area (Å²) >= 11 is 0. The average Bonchev–Trinajstić information content (AvgIpc) is 3.76. The Morgan fingerprint density at radius 3 is 2.00 bits per heavy atom. The van der Waals surface area contributed by atoms with Gasteiger partial charge in [0.15, 0.2) is 0 Å². The van der Waals surface area contributed by atoms with Gasteiger partial charge in [-0.05, 0) is 22.8 Å². The Hall–Kier alpha value is -5.91. The lowest BCUT2D eigenvalue weighted by atomic mass is 10.0. The molecule has 5 aromatic rings. The summed E-state index contributed by atoms with van der Waals surface area (Å²) in [6, 6.07) is 22.7. The number of esters is 1. The van der Waals surface area contributed by atoms with Crippen molar-refractivity contribution in [2.75, 3.05) is 7.11 Å². The average molecular weight is 624 g/mol. The number of imide groups is 1. The van der Waals surface area contributed by atoms with Crippen molar-refractivity contribution in [3.05, 3.63) is 126 Å². The molecule has 46 heavy (non-hydrogen) atoms. The zero-order chi connectivity index (χ0) is 32.3. The highest BCUT2D eigenvalue weighted by atomic mass is 16.6. The fraction of sp³-hybridized carbons (Fsp3) is 0.206. The Kier molecular flexibility index (Phi) is 10.4. The van der Waals surface area contributed by atoms with Gasteiger partial charge in [0.1, 0.15) is 25.3 Å². The van der Waals surface area contributed by atoms with Crippen LogP contribution in [0.4, 0.5) is 9.59 Å². The maximum absolute atomic E-state index is 14.1. The van der Waals surface area contributed by atoms with Gasteiger partial charge in [0.05, 0.1) is 13.4 Å². The van der Waals surface area contributed by atoms with E-state index in [4.69, 9.17) is 14.2 Å². The summed E-state index contributed by atoms with van der Waals surface area (Å²) < 4.78 is 16.0. The summed E-state index contributed by atoms with van der Waals surface area (Å²) in [7, 11) is 1.22. The molecule has 2 aromatic heterocycles. The van der Waals surface area contributed by atoms with Crippen LogP contribution >= 0.6 is 0 Å². The van der Waals surface area contributed by atoms with Gasteiger partial charge in [-0.2, -0.15) is 4.90 Å². The second-order valence-electron chi connectivity index (χ2n) is 10.4. The smallest absolute Gasteiger partial charge is 0.420 e. The van der Waals surface area contributed by atoms with Crippen LogP contribution in [0, 0.1) is 0 Å². The normalized spacial score (nSPS) is 12.1. The molecule has 12 heteroatoms. The minimum Gasteiger partial charge on any atom is -0.467 e. The second kappa shape index (κ2) is 15.2. The van der Waals surface area contributed by atoms with Crippen molar-refractivity contribution in [2.24, 2.45) is 0 Å². The summed E-state index contributed by atoms with van der Waals surface area (Å²) in [5.74, 6) is -1.51. The van der Waals surface area contributed by atoms with Crippen LogP contribution in [0.1, 0.15) is 22.4 Å². The fourth-order valence-electron chi connectivity index (χ4n) is 4.94. The first kappa shape index (κ1) is 31.5. The summed E-state index contributed by atoms with van der Waals surface area (Å²) in [6.07, 6.45) is 2.32. The van der Waals surface area contributed by atoms with Crippen LogP contribution in [0.2, 0.25) is 0 Å². The van der Waals surface area contributed by atoms with Crippen LogP contribution in [0.3, 0.4) is 0 Å². The molecular weight excluding hydrogens is 590 g/mol. The van der Waals surface area contributed by atoms with E-state index in [9.17, 15) is 19.2 Å². The van der Waals surface area contributed by atoms with Crippen molar-refractivity contribution in [3.63, 3.8) is 0 Å². The zero-order valence-electron chi connectivity index (χ0n) is 25.1. The number of hydrogen-bond donors (Lipinski definition) is 3. The number of aromatic nitrogens is 3. The maximum Gasteiger partial charge on any atom is 0.420 e. The van der Waals surface area contributed by atoms with Gasteiger partial charge in [0.2, 0.25) is 5.91 Å². The van der Waals surface area contributed by atoms with Crippen molar-refractivity contribution in [1.82, 2.24) is 25.2 Å². The minimum absolute atomic E-state index is 0.0795. The number of hydrogen-bond acceptors (Lipinski definition) is 8. The molecular formula is C34H33N5O7. The summed E-state index contributed by atoms with van der Waals surface area (Å²) in [6.45, 7) is -0.322. The molecule has 12 nitrogen and oxygen atoms in total. The lowest BCUT2D eigenvalue weighted by molar-refractivity contribution is -0.145. The van der Waals surface area contributed by atoms with Crippen molar-refractivity contribution < 1.29 is 33.4 Å². The summed E-state index contributed by atoms with van der Waals surface area (Å²) in [5, 5.41) is 3.57. The standard InChI is InChI=1S/C34H33N5O7/c1-44-32(41)29(16-25-18-36-28-15-9-8-14-27(25)28)38-31(40)30(17-26-19-35-22-37-26)39(33(42)45-20-23-10-4-2-5-11-23)34(43)46-21-24-12-6-3-7-13-24/h2-15,18-19,22,29-30,36H,16-17,20-21H2,1H3,(H,35,37)(H,38,40)/t29-,30+/m0/s1. The quantitative estimate of drug-likeness (QED) is 0.134. The van der Waals surface area contributed by atoms with Crippen LogP contribution in [0.5, 0.6) is 0 Å². The number of carbonyl (C=O) groups excluding carboxylic acids is 4. The third-order valence-corrected chi connectivity index (χ3v) is 7.29. The highest BCUT2D eigenvalue weighted by Gasteiger charge is 2.39. The van der Waals surface area contributed by atoms with E-state index in [1.807, 2.05) is 36.4 Å². The Morgan fingerprint density at radius 1 is 0.804 bits per heavy atom. The number of ether oxygens (including phenoxy) is 3. The van der Waals surface area contributed by atoms with Gasteiger partial charge in [0.25, 0.3) is 0 Å². The number of fused-ring (bicyclic) bond motifs is 1. The molecule has 0 spiro atoms. The molecule has 3 aromatic carbocycles. The van der Waals surface area contributed by atoms with Gasteiger partial charge < -0.3 is 29.5 Å². The number of H-pyrrole nitrogens is 2. The molecule has 2 atom stereocenters. The molecule has 0 aliphatic heterocycles. The predicted molar refractivity (Wildman–Crippen MR) is 167 cm³/mol. The minimum atomic E-state index is -1.50. The Morgan fingerprint density at radius 2 is 1.41 bits per heavy atom. The number of imidazole rings is 1. The van der Waals surface area contributed by atoms with Gasteiger partial charge in [-0.1, -0.05) is 78.9 Å². The third-order valence-electron chi connectivity index (χ3n) is 7.29. The largest absolute Gasteiger partial charge is 0.467 e. The van der Waals surface area contributed by atoms with Gasteiger partial charge >= 0.3 is 18.2 Å². The SMILES string of the molecule is COC(=O)[C@H](Cc1c[nH]c2ccccc12)NC(=O)[C@@H](Cc1cnc[nH]1)N(C(=O)OCc1ccccc1)C(=O)OCc1ccccc1. The van der Waals surface area contributed by atoms with Crippen LogP contribution in [0.15, 0.2) is 104 Å². The number of para-hydroxylation sites is 1. The Balaban J connectivity index is 1.43. The molecule has 0 aliphatic carbocycles. The van der Waals surface area contributed by atoms with E-state index in [0.717, 1.165) is 16.5 Å². The number of nitrogens with one attached hydrogen (secondary N) is 3. The van der Waals surface area contributed by atoms with Gasteiger partial charge in [-0.3, -0.25) is 4.79 Å². The van der Waals surface area contributed by atoms with Crippen molar-refractivity contribution >= 4 is 35.0 Å². The molecule has 0 saturated carbocycles. The molecule has 236 valence electrons. The van der Waals surface area contributed by atoms with E-state index in [2.05, 4.69) is 20.3 Å². The van der Waals surface area contributed by atoms with Gasteiger partial charge in [0, 0.05) is 41.8 Å². The predicted octanol–water partition coefficient (Wildman–Crippen LogP) is 4.68. The van der Waals surface area contributed by atoms with Crippen LogP contribution in [-0.4, -0.2) is 63.1 Å². The van der Waals surface area contributed by atoms with Crippen LogP contribution < -0.4 is 5.32 Å². The number of aromatic amines is 2. The number of methoxy groups -OCH3 is 1. The first-order chi connectivity index (χ1) is 22.4. The van der Waals surface area contributed by atoms with Gasteiger partial charge in [-0.25, -0.2) is 19.4 Å². The second-order valence-corrected chi connectivity index (χ2v) is 10.4. The fourth-order valence-corrected chi connectivity index (χ4v) is 4.94. The molecule has 0 unspecified atom stereocenters. The lowest BCUT2D eigenvalue weighted by Crippen LogP contribution is -2.56. The molecule has 0 aliphatic rings. The number of benzene rings is 3. The van der Waals surface area contributed by atoms with E-state index in [1.165, 1.54) is 19.6 Å². The monoisotopic (exact) mass is 623 g/mol. The molecule has 5 rings (SSSR count). The Bertz CT molecular complexity index is 1700. The van der Waals surface area contributed by atoms with Crippen LogP contribution in [-0.2, 0) is 49.9 Å². The van der Waals surface area contributed by atoms with E-state index in [1.54, 1.807) is 54.7 Å².